The molecule has 0 aromatic heterocycles. The summed E-state index contributed by atoms with van der Waals surface area (Å²) in [5.74, 6) is -0.956. The normalized spacial score (nSPS) is 12.5. The Bertz CT molecular complexity index is 392. The molecule has 1 atom stereocenters. The SMILES string of the molecule is Cc1cc(O)c(C(N)CC(=O)O)cc1Br. The molecule has 0 heterocycles. The van der Waals surface area contributed by atoms with Crippen LogP contribution in [0.5, 0.6) is 5.75 Å². The first-order valence-electron chi connectivity index (χ1n) is 4.38. The lowest BCUT2D eigenvalue weighted by atomic mass is 10.0. The maximum absolute atomic E-state index is 10.5. The molecule has 0 saturated carbocycles. The van der Waals surface area contributed by atoms with Crippen LogP contribution in [0.2, 0.25) is 0 Å². The molecule has 1 aromatic rings. The quantitative estimate of drug-likeness (QED) is 0.786. The number of benzene rings is 1. The van der Waals surface area contributed by atoms with Crippen LogP contribution in [0.1, 0.15) is 23.6 Å². The number of hydrogen-bond acceptors (Lipinski definition) is 3. The van der Waals surface area contributed by atoms with Gasteiger partial charge in [0.1, 0.15) is 5.75 Å². The summed E-state index contributed by atoms with van der Waals surface area (Å²) in [6.07, 6.45) is -0.205. The van der Waals surface area contributed by atoms with E-state index in [1.807, 2.05) is 6.92 Å². The van der Waals surface area contributed by atoms with Gasteiger partial charge in [-0.2, -0.15) is 0 Å². The minimum Gasteiger partial charge on any atom is -0.508 e. The van der Waals surface area contributed by atoms with Crippen molar-refractivity contribution in [1.29, 1.82) is 0 Å². The first kappa shape index (κ1) is 12.0. The number of aliphatic carboxylic acids is 1. The number of phenolic OH excluding ortho intramolecular Hbond substituents is 1. The molecule has 0 fully saturated rings. The van der Waals surface area contributed by atoms with E-state index < -0.39 is 12.0 Å². The number of carboxylic acids is 1. The van der Waals surface area contributed by atoms with Gasteiger partial charge in [-0.1, -0.05) is 15.9 Å². The average Bonchev–Trinajstić information content (AvgIpc) is 2.09. The van der Waals surface area contributed by atoms with Gasteiger partial charge in [0.15, 0.2) is 0 Å². The zero-order chi connectivity index (χ0) is 11.6. The smallest absolute Gasteiger partial charge is 0.305 e. The molecule has 82 valence electrons. The number of halogens is 1. The van der Waals surface area contributed by atoms with Crippen molar-refractivity contribution in [2.24, 2.45) is 5.73 Å². The van der Waals surface area contributed by atoms with E-state index in [-0.39, 0.29) is 12.2 Å². The number of nitrogens with two attached hydrogens (primary N) is 1. The molecule has 15 heavy (non-hydrogen) atoms. The van der Waals surface area contributed by atoms with Gasteiger partial charge in [0.05, 0.1) is 6.42 Å². The fraction of sp³-hybridized carbons (Fsp3) is 0.300. The molecule has 0 aliphatic heterocycles. The van der Waals surface area contributed by atoms with Gasteiger partial charge in [0.2, 0.25) is 0 Å². The van der Waals surface area contributed by atoms with Gasteiger partial charge in [-0.15, -0.1) is 0 Å². The minimum absolute atomic E-state index is 0.0319. The molecule has 5 heteroatoms. The second-order valence-corrected chi connectivity index (χ2v) is 4.22. The van der Waals surface area contributed by atoms with Crippen LogP contribution in [0.4, 0.5) is 0 Å². The number of carbonyl (C=O) groups is 1. The van der Waals surface area contributed by atoms with E-state index in [2.05, 4.69) is 15.9 Å². The van der Waals surface area contributed by atoms with Gasteiger partial charge in [-0.3, -0.25) is 4.79 Å². The summed E-state index contributed by atoms with van der Waals surface area (Å²) in [7, 11) is 0. The second-order valence-electron chi connectivity index (χ2n) is 3.36. The van der Waals surface area contributed by atoms with Crippen LogP contribution in [0.15, 0.2) is 16.6 Å². The van der Waals surface area contributed by atoms with E-state index >= 15 is 0 Å². The molecule has 0 aliphatic rings. The Hall–Kier alpha value is -1.07. The lowest BCUT2D eigenvalue weighted by Crippen LogP contribution is -2.15. The molecule has 1 rings (SSSR count). The predicted molar refractivity (Wildman–Crippen MR) is 59.7 cm³/mol. The fourth-order valence-corrected chi connectivity index (χ4v) is 1.64. The zero-order valence-electron chi connectivity index (χ0n) is 8.20. The third-order valence-electron chi connectivity index (χ3n) is 2.10. The van der Waals surface area contributed by atoms with E-state index in [0.29, 0.717) is 5.56 Å². The van der Waals surface area contributed by atoms with E-state index in [0.717, 1.165) is 10.0 Å². The molecule has 4 N–H and O–H groups in total. The van der Waals surface area contributed by atoms with Crippen molar-refractivity contribution >= 4 is 21.9 Å². The average molecular weight is 274 g/mol. The third-order valence-corrected chi connectivity index (χ3v) is 2.96. The van der Waals surface area contributed by atoms with E-state index in [4.69, 9.17) is 10.8 Å². The largest absolute Gasteiger partial charge is 0.508 e. The third kappa shape index (κ3) is 2.94. The highest BCUT2D eigenvalue weighted by Gasteiger charge is 2.15. The molecular formula is C10H12BrNO3. The number of hydrogen-bond donors (Lipinski definition) is 3. The van der Waals surface area contributed by atoms with Crippen LogP contribution in [0, 0.1) is 6.92 Å². The van der Waals surface area contributed by atoms with Crippen LogP contribution in [0.3, 0.4) is 0 Å². The van der Waals surface area contributed by atoms with Gasteiger partial charge < -0.3 is 15.9 Å². The minimum atomic E-state index is -0.987. The van der Waals surface area contributed by atoms with Crippen LogP contribution in [-0.2, 0) is 4.79 Å². The Balaban J connectivity index is 3.03. The summed E-state index contributed by atoms with van der Waals surface area (Å²) >= 11 is 3.30. The number of aryl methyl sites for hydroxylation is 1. The molecule has 0 aliphatic carbocycles. The molecule has 0 radical (unpaired) electrons. The first-order valence-corrected chi connectivity index (χ1v) is 5.17. The molecule has 1 unspecified atom stereocenters. The molecule has 1 aromatic carbocycles. The monoisotopic (exact) mass is 273 g/mol. The Labute approximate surface area is 95.8 Å². The molecule has 0 saturated heterocycles. The molecule has 0 spiro atoms. The number of phenols is 1. The fourth-order valence-electron chi connectivity index (χ4n) is 1.28. The van der Waals surface area contributed by atoms with Crippen molar-refractivity contribution in [1.82, 2.24) is 0 Å². The Kier molecular flexibility index (Phi) is 3.71. The highest BCUT2D eigenvalue weighted by molar-refractivity contribution is 9.10. The zero-order valence-corrected chi connectivity index (χ0v) is 9.78. The summed E-state index contributed by atoms with van der Waals surface area (Å²) in [6.45, 7) is 1.83. The van der Waals surface area contributed by atoms with Gasteiger partial charge in [-0.05, 0) is 24.6 Å². The molecule has 0 amide bonds. The number of rotatable bonds is 3. The highest BCUT2D eigenvalue weighted by Crippen LogP contribution is 2.30. The topological polar surface area (TPSA) is 83.5 Å². The van der Waals surface area contributed by atoms with Gasteiger partial charge in [-0.25, -0.2) is 0 Å². The van der Waals surface area contributed by atoms with Crippen molar-refractivity contribution in [2.45, 2.75) is 19.4 Å². The second kappa shape index (κ2) is 4.63. The van der Waals surface area contributed by atoms with Gasteiger partial charge in [0, 0.05) is 16.1 Å². The lowest BCUT2D eigenvalue weighted by Gasteiger charge is -2.13. The summed E-state index contributed by atoms with van der Waals surface area (Å²) in [6, 6.07) is 2.51. The maximum Gasteiger partial charge on any atom is 0.305 e. The van der Waals surface area contributed by atoms with Crippen LogP contribution >= 0.6 is 15.9 Å². The van der Waals surface area contributed by atoms with Crippen molar-refractivity contribution in [3.63, 3.8) is 0 Å². The van der Waals surface area contributed by atoms with Crippen molar-refractivity contribution in [2.75, 3.05) is 0 Å². The first-order chi connectivity index (χ1) is 6.91. The Morgan fingerprint density at radius 3 is 2.73 bits per heavy atom. The number of aromatic hydroxyl groups is 1. The van der Waals surface area contributed by atoms with E-state index in [1.165, 1.54) is 0 Å². The summed E-state index contributed by atoms with van der Waals surface area (Å²) in [5, 5.41) is 18.2. The van der Waals surface area contributed by atoms with Crippen molar-refractivity contribution in [3.05, 3.63) is 27.7 Å². The van der Waals surface area contributed by atoms with Crippen molar-refractivity contribution in [3.8, 4) is 5.75 Å². The van der Waals surface area contributed by atoms with Crippen LogP contribution in [0.25, 0.3) is 0 Å². The van der Waals surface area contributed by atoms with Crippen LogP contribution < -0.4 is 5.73 Å². The summed E-state index contributed by atoms with van der Waals surface area (Å²) < 4.78 is 0.802. The molecular weight excluding hydrogens is 262 g/mol. The lowest BCUT2D eigenvalue weighted by molar-refractivity contribution is -0.137. The Morgan fingerprint density at radius 2 is 2.20 bits per heavy atom. The van der Waals surface area contributed by atoms with Gasteiger partial charge >= 0.3 is 5.97 Å². The molecule has 4 nitrogen and oxygen atoms in total. The predicted octanol–water partition coefficient (Wildman–Crippen LogP) is 1.94. The summed E-state index contributed by atoms with van der Waals surface area (Å²) in [5.41, 5.74) is 6.97. The molecule has 0 bridgehead atoms. The van der Waals surface area contributed by atoms with Crippen LogP contribution in [-0.4, -0.2) is 16.2 Å². The Morgan fingerprint density at radius 1 is 1.60 bits per heavy atom. The van der Waals surface area contributed by atoms with Gasteiger partial charge in [0.25, 0.3) is 0 Å². The maximum atomic E-state index is 10.5. The van der Waals surface area contributed by atoms with Crippen molar-refractivity contribution < 1.29 is 15.0 Å². The van der Waals surface area contributed by atoms with E-state index in [1.54, 1.807) is 12.1 Å². The van der Waals surface area contributed by atoms with E-state index in [9.17, 15) is 9.90 Å². The summed E-state index contributed by atoms with van der Waals surface area (Å²) in [4.78, 5) is 10.5. The number of carboxylic acid groups (broad SMARTS) is 1. The standard InChI is InChI=1S/C10H12BrNO3/c1-5-2-9(13)6(3-7(5)11)8(12)4-10(14)15/h2-3,8,13H,4,12H2,1H3,(H,14,15). The highest BCUT2D eigenvalue weighted by atomic mass is 79.9.